The second kappa shape index (κ2) is 4.77. The number of aromatic nitrogens is 4. The number of nitrogens with one attached hydrogen (secondary N) is 1. The molecule has 5 N–H and O–H groups in total. The Bertz CT molecular complexity index is 251. The number of aromatic amines is 1. The van der Waals surface area contributed by atoms with E-state index in [9.17, 15) is 9.90 Å². The summed E-state index contributed by atoms with van der Waals surface area (Å²) in [5.74, 6) is -1.44. The van der Waals surface area contributed by atoms with E-state index in [0.29, 0.717) is 5.84 Å². The van der Waals surface area contributed by atoms with Crippen LogP contribution >= 0.6 is 0 Å². The Hall–Kier alpha value is -1.99. The Kier molecular flexibility index (Phi) is 3.98. The number of tetrazole rings is 1. The fraction of sp³-hybridized carbons (Fsp3) is 0.250. The van der Waals surface area contributed by atoms with Crippen LogP contribution in [0.25, 0.3) is 0 Å². The molecule has 1 aromatic rings. The summed E-state index contributed by atoms with van der Waals surface area (Å²) in [6.07, 6.45) is 0. The van der Waals surface area contributed by atoms with Gasteiger partial charge in [0, 0.05) is 6.92 Å². The number of carbonyl (C=O) groups is 1. The lowest BCUT2D eigenvalue weighted by Crippen LogP contribution is -2.43. The Morgan fingerprint density at radius 2 is 2.25 bits per heavy atom. The van der Waals surface area contributed by atoms with Gasteiger partial charge in [0.15, 0.2) is 0 Å². The number of amidine groups is 1. The van der Waals surface area contributed by atoms with Crippen LogP contribution in [0.5, 0.6) is 0 Å². The van der Waals surface area contributed by atoms with E-state index < -0.39 is 11.8 Å². The molecule has 8 heteroatoms. The van der Waals surface area contributed by atoms with Gasteiger partial charge in [0.05, 0.1) is 0 Å². The number of H-pyrrole nitrogens is 1. The van der Waals surface area contributed by atoms with Gasteiger partial charge in [-0.05, 0) is 5.21 Å². The first-order valence-electron chi connectivity index (χ1n) is 2.83. The van der Waals surface area contributed by atoms with Crippen molar-refractivity contribution in [2.45, 2.75) is 6.92 Å². The lowest BCUT2D eigenvalue weighted by Gasteiger charge is -1.86. The maximum atomic E-state index is 9.77. The molecule has 12 heavy (non-hydrogen) atoms. The number of carbonyl (C=O) groups excluding carboxylic acids is 1. The predicted octanol–water partition coefficient (Wildman–Crippen LogP) is -4.31. The highest BCUT2D eigenvalue weighted by molar-refractivity contribution is 5.80. The summed E-state index contributed by atoms with van der Waals surface area (Å²) in [5, 5.41) is 25.7. The number of carboxylic acid groups (broad SMARTS) is 1. The van der Waals surface area contributed by atoms with Crippen LogP contribution in [0.1, 0.15) is 17.5 Å². The summed E-state index contributed by atoms with van der Waals surface area (Å²) in [6.45, 7) is 1.64. The predicted molar refractivity (Wildman–Crippen MR) is 35.3 cm³/mol. The maximum absolute atomic E-state index is 9.77. The number of rotatable bonds is 1. The Balaban J connectivity index is 0.000000261. The topological polar surface area (TPSA) is 146 Å². The zero-order valence-electron chi connectivity index (χ0n) is 6.31. The van der Waals surface area contributed by atoms with Crippen LogP contribution in [-0.4, -0.2) is 32.4 Å². The molecule has 0 aromatic carbocycles. The first-order valence-corrected chi connectivity index (χ1v) is 2.83. The van der Waals surface area contributed by atoms with Crippen molar-refractivity contribution < 1.29 is 15.3 Å². The van der Waals surface area contributed by atoms with Crippen LogP contribution < -0.4 is 16.2 Å². The Labute approximate surface area is 67.3 Å². The summed E-state index contributed by atoms with van der Waals surface area (Å²) < 4.78 is 0. The average molecular weight is 172 g/mol. The molecule has 0 saturated carbocycles. The highest BCUT2D eigenvalue weighted by Gasteiger charge is 1.93. The van der Waals surface area contributed by atoms with Gasteiger partial charge in [-0.2, -0.15) is 5.21 Å². The molecule has 0 spiro atoms. The van der Waals surface area contributed by atoms with E-state index in [0.717, 1.165) is 0 Å². The van der Waals surface area contributed by atoms with E-state index in [-0.39, 0.29) is 0 Å². The average Bonchev–Trinajstić information content (AvgIpc) is 2.34. The molecule has 0 aliphatic heterocycles. The molecule has 8 nitrogen and oxygen atoms in total. The van der Waals surface area contributed by atoms with Crippen molar-refractivity contribution in [3.63, 3.8) is 0 Å². The number of hydrogen-bond acceptors (Lipinski definition) is 5. The summed E-state index contributed by atoms with van der Waals surface area (Å²) in [6, 6.07) is 0. The smallest absolute Gasteiger partial charge is 0.235 e. The summed E-state index contributed by atoms with van der Waals surface area (Å²) in [4.78, 5) is 9.77. The van der Waals surface area contributed by atoms with Gasteiger partial charge in [-0.15, -0.1) is 10.2 Å². The van der Waals surface area contributed by atoms with Crippen LogP contribution in [0.2, 0.25) is 0 Å². The van der Waals surface area contributed by atoms with Crippen molar-refractivity contribution in [3.8, 4) is 0 Å². The molecular formula is C4H8N6O2. The Morgan fingerprint density at radius 1 is 1.75 bits per heavy atom. The number of nitrogens with zero attached hydrogens (tertiary/aromatic N) is 3. The molecule has 0 amide bonds. The van der Waals surface area contributed by atoms with E-state index >= 15 is 0 Å². The Morgan fingerprint density at radius 3 is 2.42 bits per heavy atom. The van der Waals surface area contributed by atoms with Crippen LogP contribution in [0.4, 0.5) is 0 Å². The van der Waals surface area contributed by atoms with E-state index in [1.807, 2.05) is 5.21 Å². The molecule has 0 fully saturated rings. The quantitative estimate of drug-likeness (QED) is 0.288. The van der Waals surface area contributed by atoms with Gasteiger partial charge in [0.25, 0.3) is 0 Å². The van der Waals surface area contributed by atoms with Gasteiger partial charge in [0.1, 0.15) is 5.97 Å². The van der Waals surface area contributed by atoms with Crippen LogP contribution in [0, 0.1) is 0 Å². The summed E-state index contributed by atoms with van der Waals surface area (Å²) in [7, 11) is 0. The number of nitrogens with two attached hydrogens (primary N) is 2. The molecule has 0 atom stereocenters. The molecule has 1 heterocycles. The number of aromatic carboxylic acids is 1. The van der Waals surface area contributed by atoms with Crippen molar-refractivity contribution in [3.05, 3.63) is 5.82 Å². The molecule has 0 bridgehead atoms. The maximum Gasteiger partial charge on any atom is 0.235 e. The highest BCUT2D eigenvalue weighted by atomic mass is 16.4. The first-order chi connectivity index (χ1) is 5.54. The van der Waals surface area contributed by atoms with Crippen LogP contribution in [0.3, 0.4) is 0 Å². The summed E-state index contributed by atoms with van der Waals surface area (Å²) in [5.41, 5.74) is 4.81. The second-order valence-electron chi connectivity index (χ2n) is 1.77. The fourth-order valence-electron chi connectivity index (χ4n) is 0.248. The third-order valence-electron chi connectivity index (χ3n) is 0.528. The fourth-order valence-corrected chi connectivity index (χ4v) is 0.248. The van der Waals surface area contributed by atoms with Gasteiger partial charge in [-0.3, -0.25) is 11.1 Å². The largest absolute Gasteiger partial charge is 0.541 e. The number of carboxylic acids is 1. The van der Waals surface area contributed by atoms with E-state index in [1.165, 1.54) is 0 Å². The highest BCUT2D eigenvalue weighted by Crippen LogP contribution is 1.74. The standard InChI is InChI=1S/C2H2N4O2.C2H6N2/c7-2(8)1-3-5-6-4-1;1-2(3)4/h(H,7,8)(H,3,4,5,6);1H3,(H3,3,4). The number of hydrogen-bond donors (Lipinski definition) is 3. The zero-order valence-corrected chi connectivity index (χ0v) is 6.31. The molecule has 0 unspecified atom stereocenters. The molecule has 1 aromatic heterocycles. The van der Waals surface area contributed by atoms with Crippen molar-refractivity contribution in [2.24, 2.45) is 5.73 Å². The first kappa shape index (κ1) is 10.0. The van der Waals surface area contributed by atoms with Crippen molar-refractivity contribution >= 4 is 11.8 Å². The second-order valence-corrected chi connectivity index (χ2v) is 1.77. The lowest BCUT2D eigenvalue weighted by atomic mass is 10.7. The molecule has 1 rings (SSSR count). The summed E-state index contributed by atoms with van der Waals surface area (Å²) >= 11 is 0. The monoisotopic (exact) mass is 172 g/mol. The van der Waals surface area contributed by atoms with Gasteiger partial charge in [-0.25, -0.2) is 0 Å². The minimum atomic E-state index is -1.43. The van der Waals surface area contributed by atoms with E-state index in [1.54, 1.807) is 6.92 Å². The lowest BCUT2D eigenvalue weighted by molar-refractivity contribution is -0.256. The minimum Gasteiger partial charge on any atom is -0.541 e. The van der Waals surface area contributed by atoms with E-state index in [2.05, 4.69) is 15.4 Å². The molecule has 0 aliphatic rings. The molecule has 0 aliphatic carbocycles. The van der Waals surface area contributed by atoms with Gasteiger partial charge >= 0.3 is 0 Å². The minimum absolute atomic E-state index is 0.417. The van der Waals surface area contributed by atoms with Crippen LogP contribution in [0.15, 0.2) is 0 Å². The molecular weight excluding hydrogens is 164 g/mol. The zero-order chi connectivity index (χ0) is 9.56. The van der Waals surface area contributed by atoms with Gasteiger partial charge < -0.3 is 9.90 Å². The van der Waals surface area contributed by atoms with E-state index in [4.69, 9.17) is 11.1 Å². The van der Waals surface area contributed by atoms with Gasteiger partial charge in [0.2, 0.25) is 11.7 Å². The third-order valence-corrected chi connectivity index (χ3v) is 0.528. The molecule has 0 saturated heterocycles. The molecule has 66 valence electrons. The molecule has 0 radical (unpaired) electrons. The SMILES string of the molecule is CC(N)=[NH2+].O=C([O-])c1nn[nH]n1. The van der Waals surface area contributed by atoms with Crippen LogP contribution in [-0.2, 0) is 0 Å². The third kappa shape index (κ3) is 4.85. The normalized spacial score (nSPS) is 8.08. The van der Waals surface area contributed by atoms with Crippen molar-refractivity contribution in [1.82, 2.24) is 20.6 Å². The van der Waals surface area contributed by atoms with Crippen molar-refractivity contribution in [2.75, 3.05) is 0 Å². The van der Waals surface area contributed by atoms with Gasteiger partial charge in [-0.1, -0.05) is 0 Å². The van der Waals surface area contributed by atoms with Crippen molar-refractivity contribution in [1.29, 1.82) is 0 Å².